The van der Waals surface area contributed by atoms with Gasteiger partial charge in [-0.3, -0.25) is 4.79 Å². The van der Waals surface area contributed by atoms with Crippen LogP contribution >= 0.6 is 11.3 Å². The van der Waals surface area contributed by atoms with Crippen molar-refractivity contribution < 1.29 is 17.6 Å². The number of carbonyl (C=O) groups is 1. The fourth-order valence-corrected chi connectivity index (χ4v) is 5.14. The molecule has 1 N–H and O–H groups in total. The Morgan fingerprint density at radius 2 is 1.77 bits per heavy atom. The SMILES string of the molecule is O=C(CCS(=O)(=O)c1ccc(F)cc1)Nc1cccc(-c2nc3ccccc3s2)c1. The first-order valence-electron chi connectivity index (χ1n) is 9.15. The molecule has 0 aliphatic carbocycles. The van der Waals surface area contributed by atoms with Gasteiger partial charge in [0.15, 0.2) is 9.84 Å². The molecule has 5 nitrogen and oxygen atoms in total. The molecule has 0 spiro atoms. The zero-order valence-electron chi connectivity index (χ0n) is 15.7. The molecule has 0 unspecified atom stereocenters. The number of hydrogen-bond acceptors (Lipinski definition) is 5. The summed E-state index contributed by atoms with van der Waals surface area (Å²) in [6, 6.07) is 19.7. The third kappa shape index (κ3) is 4.55. The molecule has 0 saturated carbocycles. The summed E-state index contributed by atoms with van der Waals surface area (Å²) in [6.45, 7) is 0. The summed E-state index contributed by atoms with van der Waals surface area (Å²) >= 11 is 1.56. The topological polar surface area (TPSA) is 76.1 Å². The summed E-state index contributed by atoms with van der Waals surface area (Å²) in [6.07, 6.45) is -0.203. The van der Waals surface area contributed by atoms with Crippen LogP contribution in [0.2, 0.25) is 0 Å². The first-order chi connectivity index (χ1) is 14.4. The Morgan fingerprint density at radius 1 is 1.00 bits per heavy atom. The zero-order valence-corrected chi connectivity index (χ0v) is 17.3. The maximum atomic E-state index is 13.0. The second-order valence-corrected chi connectivity index (χ2v) is 9.78. The van der Waals surface area contributed by atoms with Crippen molar-refractivity contribution in [3.63, 3.8) is 0 Å². The van der Waals surface area contributed by atoms with Crippen molar-refractivity contribution in [3.05, 3.63) is 78.6 Å². The summed E-state index contributed by atoms with van der Waals surface area (Å²) in [5.74, 6) is -1.29. The molecule has 0 saturated heterocycles. The first-order valence-corrected chi connectivity index (χ1v) is 11.6. The minimum atomic E-state index is -3.67. The molecular weight excluding hydrogens is 423 g/mol. The summed E-state index contributed by atoms with van der Waals surface area (Å²) < 4.78 is 38.7. The molecule has 0 fully saturated rings. The zero-order chi connectivity index (χ0) is 21.1. The molecule has 0 radical (unpaired) electrons. The van der Waals surface area contributed by atoms with E-state index in [9.17, 15) is 17.6 Å². The summed E-state index contributed by atoms with van der Waals surface area (Å²) in [4.78, 5) is 16.9. The highest BCUT2D eigenvalue weighted by Gasteiger charge is 2.17. The number of para-hydroxylation sites is 1. The fraction of sp³-hybridized carbons (Fsp3) is 0.0909. The number of nitrogens with one attached hydrogen (secondary N) is 1. The first kappa shape index (κ1) is 20.2. The average Bonchev–Trinajstić information content (AvgIpc) is 3.17. The number of aromatic nitrogens is 1. The van der Waals surface area contributed by atoms with Crippen molar-refractivity contribution in [2.45, 2.75) is 11.3 Å². The monoisotopic (exact) mass is 440 g/mol. The van der Waals surface area contributed by atoms with Gasteiger partial charge in [0.2, 0.25) is 5.91 Å². The van der Waals surface area contributed by atoms with Gasteiger partial charge in [-0.1, -0.05) is 24.3 Å². The predicted octanol–water partition coefficient (Wildman–Crippen LogP) is 4.90. The van der Waals surface area contributed by atoms with E-state index in [1.165, 1.54) is 12.1 Å². The van der Waals surface area contributed by atoms with Crippen LogP contribution in [0, 0.1) is 5.82 Å². The highest BCUT2D eigenvalue weighted by molar-refractivity contribution is 7.91. The number of hydrogen-bond donors (Lipinski definition) is 1. The van der Waals surface area contributed by atoms with Crippen LogP contribution in [0.1, 0.15) is 6.42 Å². The highest BCUT2D eigenvalue weighted by Crippen LogP contribution is 2.31. The predicted molar refractivity (Wildman–Crippen MR) is 117 cm³/mol. The quantitative estimate of drug-likeness (QED) is 0.433. The Balaban J connectivity index is 1.43. The normalized spacial score (nSPS) is 11.5. The molecule has 1 heterocycles. The minimum absolute atomic E-state index is 0.00506. The molecular formula is C22H17FN2O3S2. The van der Waals surface area contributed by atoms with Gasteiger partial charge in [0, 0.05) is 17.7 Å². The van der Waals surface area contributed by atoms with Crippen LogP contribution in [-0.4, -0.2) is 25.1 Å². The van der Waals surface area contributed by atoms with E-state index < -0.39 is 21.6 Å². The van der Waals surface area contributed by atoms with E-state index in [1.807, 2.05) is 42.5 Å². The van der Waals surface area contributed by atoms with Gasteiger partial charge in [0.25, 0.3) is 0 Å². The van der Waals surface area contributed by atoms with Crippen LogP contribution in [-0.2, 0) is 14.6 Å². The third-order valence-electron chi connectivity index (χ3n) is 4.46. The molecule has 8 heteroatoms. The van der Waals surface area contributed by atoms with Crippen LogP contribution < -0.4 is 5.32 Å². The van der Waals surface area contributed by atoms with Crippen LogP contribution in [0.25, 0.3) is 20.8 Å². The van der Waals surface area contributed by atoms with Gasteiger partial charge < -0.3 is 5.32 Å². The molecule has 1 amide bonds. The second-order valence-electron chi connectivity index (χ2n) is 6.64. The maximum Gasteiger partial charge on any atom is 0.225 e. The highest BCUT2D eigenvalue weighted by atomic mass is 32.2. The minimum Gasteiger partial charge on any atom is -0.326 e. The number of halogens is 1. The smallest absolute Gasteiger partial charge is 0.225 e. The summed E-state index contributed by atoms with van der Waals surface area (Å²) in [5, 5.41) is 3.57. The van der Waals surface area contributed by atoms with E-state index in [4.69, 9.17) is 0 Å². The van der Waals surface area contributed by atoms with E-state index in [0.29, 0.717) is 5.69 Å². The molecule has 0 aliphatic heterocycles. The van der Waals surface area contributed by atoms with Crippen LogP contribution in [0.15, 0.2) is 77.7 Å². The van der Waals surface area contributed by atoms with Crippen LogP contribution in [0.4, 0.5) is 10.1 Å². The van der Waals surface area contributed by atoms with E-state index in [1.54, 1.807) is 17.4 Å². The molecule has 152 valence electrons. The molecule has 0 bridgehead atoms. The Kier molecular flexibility index (Phi) is 5.61. The fourth-order valence-electron chi connectivity index (χ4n) is 2.94. The van der Waals surface area contributed by atoms with Crippen LogP contribution in [0.3, 0.4) is 0 Å². The third-order valence-corrected chi connectivity index (χ3v) is 7.28. The van der Waals surface area contributed by atoms with Gasteiger partial charge in [0.1, 0.15) is 10.8 Å². The van der Waals surface area contributed by atoms with E-state index >= 15 is 0 Å². The van der Waals surface area contributed by atoms with E-state index in [0.717, 1.165) is 32.9 Å². The van der Waals surface area contributed by atoms with Crippen molar-refractivity contribution in [2.75, 3.05) is 11.1 Å². The van der Waals surface area contributed by atoms with Gasteiger partial charge in [-0.2, -0.15) is 0 Å². The summed E-state index contributed by atoms with van der Waals surface area (Å²) in [7, 11) is -3.67. The number of rotatable bonds is 6. The van der Waals surface area contributed by atoms with Gasteiger partial charge in [-0.25, -0.2) is 17.8 Å². The lowest BCUT2D eigenvalue weighted by atomic mass is 10.2. The number of thiazole rings is 1. The lowest BCUT2D eigenvalue weighted by Gasteiger charge is -2.07. The van der Waals surface area contributed by atoms with Crippen molar-refractivity contribution in [2.24, 2.45) is 0 Å². The number of anilines is 1. The Bertz CT molecular complexity index is 1280. The molecule has 1 aromatic heterocycles. The molecule has 4 aromatic rings. The van der Waals surface area contributed by atoms with Crippen molar-refractivity contribution in [3.8, 4) is 10.6 Å². The van der Waals surface area contributed by atoms with Gasteiger partial charge >= 0.3 is 0 Å². The number of sulfone groups is 1. The average molecular weight is 441 g/mol. The van der Waals surface area contributed by atoms with Crippen LogP contribution in [0.5, 0.6) is 0 Å². The lowest BCUT2D eigenvalue weighted by Crippen LogP contribution is -2.17. The molecule has 4 rings (SSSR count). The van der Waals surface area contributed by atoms with E-state index in [2.05, 4.69) is 10.3 Å². The number of fused-ring (bicyclic) bond motifs is 1. The van der Waals surface area contributed by atoms with Crippen molar-refractivity contribution >= 4 is 43.0 Å². The Morgan fingerprint density at radius 3 is 2.53 bits per heavy atom. The summed E-state index contributed by atoms with van der Waals surface area (Å²) in [5.41, 5.74) is 2.35. The van der Waals surface area contributed by atoms with E-state index in [-0.39, 0.29) is 17.1 Å². The Hall–Kier alpha value is -3.10. The van der Waals surface area contributed by atoms with Crippen molar-refractivity contribution in [1.82, 2.24) is 4.98 Å². The molecule has 3 aromatic carbocycles. The second kappa shape index (κ2) is 8.33. The van der Waals surface area contributed by atoms with Crippen molar-refractivity contribution in [1.29, 1.82) is 0 Å². The number of carbonyl (C=O) groups excluding carboxylic acids is 1. The Labute approximate surface area is 177 Å². The number of nitrogens with zero attached hydrogens (tertiary/aromatic N) is 1. The lowest BCUT2D eigenvalue weighted by molar-refractivity contribution is -0.115. The van der Waals surface area contributed by atoms with Gasteiger partial charge in [0.05, 0.1) is 20.9 Å². The van der Waals surface area contributed by atoms with Gasteiger partial charge in [-0.05, 0) is 48.5 Å². The molecule has 0 atom stereocenters. The number of amides is 1. The maximum absolute atomic E-state index is 13.0. The standard InChI is InChI=1S/C22H17FN2O3S2/c23-16-8-10-18(11-9-16)30(27,28)13-12-21(26)24-17-5-3-4-15(14-17)22-25-19-6-1-2-7-20(19)29-22/h1-11,14H,12-13H2,(H,24,26). The number of benzene rings is 3. The molecule has 30 heavy (non-hydrogen) atoms. The van der Waals surface area contributed by atoms with Gasteiger partial charge in [-0.15, -0.1) is 11.3 Å². The molecule has 0 aliphatic rings. The largest absolute Gasteiger partial charge is 0.326 e.